The Labute approximate surface area is 99.6 Å². The molecule has 2 heterocycles. The van der Waals surface area contributed by atoms with Crippen LogP contribution in [0.5, 0.6) is 0 Å². The summed E-state index contributed by atoms with van der Waals surface area (Å²) in [6.07, 6.45) is 3.80. The third-order valence-corrected chi connectivity index (χ3v) is 2.74. The molecule has 0 atom stereocenters. The zero-order valence-electron chi connectivity index (χ0n) is 9.68. The molecular formula is C12H15N3O2. The summed E-state index contributed by atoms with van der Waals surface area (Å²) in [5.74, 6) is 0.0218. The molecule has 0 amide bonds. The molecule has 3 N–H and O–H groups in total. The van der Waals surface area contributed by atoms with Crippen molar-refractivity contribution in [1.29, 1.82) is 0 Å². The van der Waals surface area contributed by atoms with E-state index in [0.29, 0.717) is 5.69 Å². The van der Waals surface area contributed by atoms with Gasteiger partial charge in [0.15, 0.2) is 5.84 Å². The fourth-order valence-corrected chi connectivity index (χ4v) is 1.86. The normalized spacial score (nSPS) is 16.3. The molecule has 17 heavy (non-hydrogen) atoms. The van der Waals surface area contributed by atoms with E-state index in [1.807, 2.05) is 13.0 Å². The van der Waals surface area contributed by atoms with Gasteiger partial charge >= 0.3 is 0 Å². The highest BCUT2D eigenvalue weighted by Crippen LogP contribution is 2.25. The first-order valence-corrected chi connectivity index (χ1v) is 5.49. The molecule has 0 fully saturated rings. The lowest BCUT2D eigenvalue weighted by Crippen LogP contribution is -2.16. The predicted molar refractivity (Wildman–Crippen MR) is 64.6 cm³/mol. The van der Waals surface area contributed by atoms with Gasteiger partial charge in [0, 0.05) is 11.3 Å². The molecule has 5 heteroatoms. The van der Waals surface area contributed by atoms with Crippen molar-refractivity contribution in [3.8, 4) is 0 Å². The maximum Gasteiger partial charge on any atom is 0.188 e. The molecule has 0 saturated carbocycles. The lowest BCUT2D eigenvalue weighted by molar-refractivity contribution is 0.235. The number of ether oxygens (including phenoxy) is 1. The number of pyridine rings is 1. The van der Waals surface area contributed by atoms with Gasteiger partial charge < -0.3 is 15.7 Å². The van der Waals surface area contributed by atoms with Gasteiger partial charge in [0.05, 0.1) is 12.9 Å². The molecule has 5 nitrogen and oxygen atoms in total. The van der Waals surface area contributed by atoms with Gasteiger partial charge in [-0.15, -0.1) is 0 Å². The molecule has 0 unspecified atom stereocenters. The van der Waals surface area contributed by atoms with Gasteiger partial charge in [-0.25, -0.2) is 4.98 Å². The van der Waals surface area contributed by atoms with Gasteiger partial charge in [0.2, 0.25) is 0 Å². The van der Waals surface area contributed by atoms with Crippen LogP contribution >= 0.6 is 0 Å². The van der Waals surface area contributed by atoms with Gasteiger partial charge in [0.1, 0.15) is 5.69 Å². The highest BCUT2D eigenvalue weighted by Gasteiger charge is 2.12. The Morgan fingerprint density at radius 3 is 2.94 bits per heavy atom. The van der Waals surface area contributed by atoms with Crippen LogP contribution in [0, 0.1) is 6.92 Å². The smallest absolute Gasteiger partial charge is 0.188 e. The Bertz CT molecular complexity index is 481. The fraction of sp³-hybridized carbons (Fsp3) is 0.333. The molecule has 2 rings (SSSR count). The number of aromatic nitrogens is 1. The lowest BCUT2D eigenvalue weighted by Gasteiger charge is -2.15. The zero-order valence-corrected chi connectivity index (χ0v) is 9.68. The highest BCUT2D eigenvalue weighted by molar-refractivity contribution is 5.95. The summed E-state index contributed by atoms with van der Waals surface area (Å²) in [5, 5.41) is 11.5. The number of hydrogen-bond donors (Lipinski definition) is 2. The molecule has 0 aromatic carbocycles. The van der Waals surface area contributed by atoms with E-state index >= 15 is 0 Å². The maximum absolute atomic E-state index is 8.59. The van der Waals surface area contributed by atoms with Crippen molar-refractivity contribution in [2.45, 2.75) is 19.8 Å². The molecule has 1 aromatic rings. The molecule has 0 bridgehead atoms. The third-order valence-electron chi connectivity index (χ3n) is 2.74. The largest absolute Gasteiger partial charge is 0.501 e. The van der Waals surface area contributed by atoms with E-state index in [0.717, 1.165) is 36.3 Å². The van der Waals surface area contributed by atoms with E-state index in [9.17, 15) is 0 Å². The van der Waals surface area contributed by atoms with E-state index in [2.05, 4.69) is 10.1 Å². The molecule has 1 aliphatic rings. The minimum Gasteiger partial charge on any atom is -0.501 e. The van der Waals surface area contributed by atoms with Crippen molar-refractivity contribution < 1.29 is 9.94 Å². The number of amidine groups is 1. The van der Waals surface area contributed by atoms with Crippen LogP contribution in [-0.2, 0) is 4.74 Å². The van der Waals surface area contributed by atoms with Crippen molar-refractivity contribution in [3.05, 3.63) is 35.3 Å². The summed E-state index contributed by atoms with van der Waals surface area (Å²) >= 11 is 0. The van der Waals surface area contributed by atoms with Gasteiger partial charge in [-0.3, -0.25) is 0 Å². The summed E-state index contributed by atoms with van der Waals surface area (Å²) in [5.41, 5.74) is 9.02. The average Bonchev–Trinajstić information content (AvgIpc) is 2.38. The number of allylic oxidation sites excluding steroid dienone is 1. The summed E-state index contributed by atoms with van der Waals surface area (Å²) in [7, 11) is 0. The summed E-state index contributed by atoms with van der Waals surface area (Å²) in [6.45, 7) is 2.68. The van der Waals surface area contributed by atoms with E-state index in [1.54, 1.807) is 12.3 Å². The second-order valence-corrected chi connectivity index (χ2v) is 3.93. The quantitative estimate of drug-likeness (QED) is 0.352. The molecule has 0 radical (unpaired) electrons. The van der Waals surface area contributed by atoms with Crippen LogP contribution in [0.4, 0.5) is 0 Å². The molecular weight excluding hydrogens is 218 g/mol. The molecule has 1 aliphatic heterocycles. The van der Waals surface area contributed by atoms with E-state index < -0.39 is 0 Å². The Morgan fingerprint density at radius 1 is 1.53 bits per heavy atom. The van der Waals surface area contributed by atoms with Crippen molar-refractivity contribution in [2.75, 3.05) is 6.61 Å². The summed E-state index contributed by atoms with van der Waals surface area (Å²) < 4.78 is 5.31. The molecule has 0 spiro atoms. The number of rotatable bonds is 2. The Morgan fingerprint density at radius 2 is 2.35 bits per heavy atom. The van der Waals surface area contributed by atoms with Gasteiger partial charge in [0.25, 0.3) is 0 Å². The van der Waals surface area contributed by atoms with Crippen molar-refractivity contribution in [1.82, 2.24) is 4.98 Å². The second kappa shape index (κ2) is 4.86. The Balaban J connectivity index is 2.34. The van der Waals surface area contributed by atoms with Gasteiger partial charge in [-0.1, -0.05) is 11.2 Å². The van der Waals surface area contributed by atoms with Crippen LogP contribution in [0.25, 0.3) is 5.57 Å². The van der Waals surface area contributed by atoms with Crippen LogP contribution in [0.15, 0.2) is 23.6 Å². The van der Waals surface area contributed by atoms with Gasteiger partial charge in [-0.05, 0) is 31.4 Å². The van der Waals surface area contributed by atoms with Crippen LogP contribution in [-0.4, -0.2) is 22.6 Å². The van der Waals surface area contributed by atoms with Crippen molar-refractivity contribution >= 4 is 11.4 Å². The number of aryl methyl sites for hydroxylation is 1. The lowest BCUT2D eigenvalue weighted by atomic mass is 10.00. The second-order valence-electron chi connectivity index (χ2n) is 3.93. The molecule has 90 valence electrons. The standard InChI is InChI=1S/C12H15N3O2/c1-8-10(9-3-2-6-17-7-9)4-5-11(14-8)12(13)15-16/h4-5,7,16H,2-3,6H2,1H3,(H2,13,15). The number of nitrogens with zero attached hydrogens (tertiary/aromatic N) is 2. The first-order chi connectivity index (χ1) is 8.22. The van der Waals surface area contributed by atoms with Crippen molar-refractivity contribution in [2.24, 2.45) is 10.9 Å². The molecule has 1 aromatic heterocycles. The Hall–Kier alpha value is -2.04. The van der Waals surface area contributed by atoms with Crippen LogP contribution in [0.2, 0.25) is 0 Å². The summed E-state index contributed by atoms with van der Waals surface area (Å²) in [6, 6.07) is 3.67. The molecule has 0 aliphatic carbocycles. The zero-order chi connectivity index (χ0) is 12.3. The van der Waals surface area contributed by atoms with Crippen LogP contribution in [0.1, 0.15) is 29.8 Å². The number of hydrogen-bond acceptors (Lipinski definition) is 4. The minimum atomic E-state index is 0.0218. The topological polar surface area (TPSA) is 80.7 Å². The van der Waals surface area contributed by atoms with E-state index in [-0.39, 0.29) is 5.84 Å². The monoisotopic (exact) mass is 233 g/mol. The number of nitrogens with two attached hydrogens (primary N) is 1. The van der Waals surface area contributed by atoms with Crippen LogP contribution < -0.4 is 5.73 Å². The minimum absolute atomic E-state index is 0.0218. The summed E-state index contributed by atoms with van der Waals surface area (Å²) in [4.78, 5) is 4.31. The predicted octanol–water partition coefficient (Wildman–Crippen LogP) is 1.64. The van der Waals surface area contributed by atoms with Crippen molar-refractivity contribution in [3.63, 3.8) is 0 Å². The average molecular weight is 233 g/mol. The molecule has 0 saturated heterocycles. The van der Waals surface area contributed by atoms with E-state index in [4.69, 9.17) is 15.7 Å². The maximum atomic E-state index is 8.59. The fourth-order valence-electron chi connectivity index (χ4n) is 1.86. The Kier molecular flexibility index (Phi) is 3.27. The highest BCUT2D eigenvalue weighted by atomic mass is 16.5. The first-order valence-electron chi connectivity index (χ1n) is 5.49. The van der Waals surface area contributed by atoms with Gasteiger partial charge in [-0.2, -0.15) is 0 Å². The third kappa shape index (κ3) is 2.38. The number of oxime groups is 1. The van der Waals surface area contributed by atoms with E-state index in [1.165, 1.54) is 0 Å². The first kappa shape index (κ1) is 11.4. The SMILES string of the molecule is Cc1nc(/C(N)=N/O)ccc1C1=COCCC1. The van der Waals surface area contributed by atoms with Crippen LogP contribution in [0.3, 0.4) is 0 Å².